The van der Waals surface area contributed by atoms with Gasteiger partial charge in [-0.25, -0.2) is 0 Å². The summed E-state index contributed by atoms with van der Waals surface area (Å²) in [5, 5.41) is 0.986. The summed E-state index contributed by atoms with van der Waals surface area (Å²) in [6.07, 6.45) is 3.45. The van der Waals surface area contributed by atoms with Crippen molar-refractivity contribution < 1.29 is 4.79 Å². The van der Waals surface area contributed by atoms with E-state index in [4.69, 9.17) is 23.2 Å². The summed E-state index contributed by atoms with van der Waals surface area (Å²) >= 11 is 11.8. The van der Waals surface area contributed by atoms with Gasteiger partial charge in [-0.2, -0.15) is 0 Å². The maximum atomic E-state index is 11.4. The third kappa shape index (κ3) is 1.99. The zero-order chi connectivity index (χ0) is 11.7. The van der Waals surface area contributed by atoms with Gasteiger partial charge in [-0.3, -0.25) is 4.79 Å². The topological polar surface area (TPSA) is 32.9 Å². The van der Waals surface area contributed by atoms with Gasteiger partial charge in [-0.05, 0) is 24.6 Å². The predicted octanol–water partition coefficient (Wildman–Crippen LogP) is 4.19. The Morgan fingerprint density at radius 2 is 1.94 bits per heavy atom. The van der Waals surface area contributed by atoms with Gasteiger partial charge in [0.25, 0.3) is 0 Å². The second-order valence-electron chi connectivity index (χ2n) is 3.47. The van der Waals surface area contributed by atoms with Gasteiger partial charge in [0.1, 0.15) is 0 Å². The molecule has 2 rings (SSSR count). The smallest absolute Gasteiger partial charge is 0.161 e. The number of nitrogens with one attached hydrogen (secondary N) is 1. The van der Waals surface area contributed by atoms with E-state index in [0.29, 0.717) is 15.6 Å². The first-order valence-electron chi connectivity index (χ1n) is 4.72. The van der Waals surface area contributed by atoms with Crippen molar-refractivity contribution in [1.82, 2.24) is 4.98 Å². The highest BCUT2D eigenvalue weighted by Gasteiger charge is 2.11. The van der Waals surface area contributed by atoms with Crippen molar-refractivity contribution in [2.24, 2.45) is 0 Å². The number of benzene rings is 1. The van der Waals surface area contributed by atoms with E-state index in [1.807, 2.05) is 6.07 Å². The zero-order valence-electron chi connectivity index (χ0n) is 8.55. The molecule has 0 amide bonds. The molecule has 0 bridgehead atoms. The molecule has 2 aromatic rings. The number of aromatic amines is 1. The van der Waals surface area contributed by atoms with Gasteiger partial charge in [0.2, 0.25) is 0 Å². The molecular formula is C12H9Cl2NO. The summed E-state index contributed by atoms with van der Waals surface area (Å²) < 4.78 is 0. The maximum absolute atomic E-state index is 11.4. The van der Waals surface area contributed by atoms with E-state index in [1.165, 1.54) is 6.92 Å². The van der Waals surface area contributed by atoms with E-state index in [0.717, 1.165) is 11.1 Å². The van der Waals surface area contributed by atoms with Crippen LogP contribution >= 0.6 is 23.2 Å². The summed E-state index contributed by atoms with van der Waals surface area (Å²) in [6, 6.07) is 5.31. The number of rotatable bonds is 2. The molecule has 0 spiro atoms. The van der Waals surface area contributed by atoms with Gasteiger partial charge in [0.15, 0.2) is 5.78 Å². The molecule has 16 heavy (non-hydrogen) atoms. The molecule has 1 aromatic carbocycles. The normalized spacial score (nSPS) is 10.4. The fourth-order valence-electron chi connectivity index (χ4n) is 1.56. The first-order valence-corrected chi connectivity index (χ1v) is 5.48. The molecule has 0 aliphatic heterocycles. The Morgan fingerprint density at radius 3 is 2.56 bits per heavy atom. The fraction of sp³-hybridized carbons (Fsp3) is 0.0833. The van der Waals surface area contributed by atoms with Crippen LogP contribution in [0.1, 0.15) is 17.3 Å². The molecule has 0 atom stereocenters. The lowest BCUT2D eigenvalue weighted by Gasteiger charge is -2.03. The molecule has 4 heteroatoms. The molecular weight excluding hydrogens is 245 g/mol. The molecule has 1 aromatic heterocycles. The van der Waals surface area contributed by atoms with Gasteiger partial charge in [0, 0.05) is 23.5 Å². The first-order chi connectivity index (χ1) is 7.59. The number of H-pyrrole nitrogens is 1. The van der Waals surface area contributed by atoms with E-state index >= 15 is 0 Å². The van der Waals surface area contributed by atoms with Crippen LogP contribution in [0.15, 0.2) is 30.6 Å². The predicted molar refractivity (Wildman–Crippen MR) is 66.3 cm³/mol. The largest absolute Gasteiger partial charge is 0.366 e. The summed E-state index contributed by atoms with van der Waals surface area (Å²) in [5.74, 6) is 0.0160. The van der Waals surface area contributed by atoms with Crippen LogP contribution in [0.2, 0.25) is 10.0 Å². The van der Waals surface area contributed by atoms with E-state index in [9.17, 15) is 4.79 Å². The van der Waals surface area contributed by atoms with Crippen molar-refractivity contribution in [2.45, 2.75) is 6.92 Å². The molecule has 0 saturated carbocycles. The first kappa shape index (κ1) is 11.2. The third-order valence-electron chi connectivity index (χ3n) is 2.36. The minimum atomic E-state index is 0.0160. The van der Waals surface area contributed by atoms with Crippen LogP contribution in [0.25, 0.3) is 11.1 Å². The molecule has 0 unspecified atom stereocenters. The second kappa shape index (κ2) is 4.32. The van der Waals surface area contributed by atoms with Gasteiger partial charge >= 0.3 is 0 Å². The highest BCUT2D eigenvalue weighted by molar-refractivity contribution is 6.42. The van der Waals surface area contributed by atoms with Crippen molar-refractivity contribution in [1.29, 1.82) is 0 Å². The van der Waals surface area contributed by atoms with Gasteiger partial charge in [0.05, 0.1) is 10.0 Å². The Morgan fingerprint density at radius 1 is 1.19 bits per heavy atom. The SMILES string of the molecule is CC(=O)c1c[nH]cc1-c1ccc(Cl)c(Cl)c1. The molecule has 0 radical (unpaired) electrons. The van der Waals surface area contributed by atoms with Crippen molar-refractivity contribution >= 4 is 29.0 Å². The number of aromatic nitrogens is 1. The average Bonchev–Trinajstić information content (AvgIpc) is 2.71. The fourth-order valence-corrected chi connectivity index (χ4v) is 1.86. The van der Waals surface area contributed by atoms with Crippen molar-refractivity contribution in [2.75, 3.05) is 0 Å². The highest BCUT2D eigenvalue weighted by Crippen LogP contribution is 2.30. The number of hydrogen-bond acceptors (Lipinski definition) is 1. The Bertz CT molecular complexity index is 546. The number of halogens is 2. The zero-order valence-corrected chi connectivity index (χ0v) is 10.1. The average molecular weight is 254 g/mol. The van der Waals surface area contributed by atoms with Gasteiger partial charge in [-0.1, -0.05) is 29.3 Å². The maximum Gasteiger partial charge on any atom is 0.161 e. The van der Waals surface area contributed by atoms with Crippen molar-refractivity contribution in [3.63, 3.8) is 0 Å². The number of hydrogen-bond donors (Lipinski definition) is 1. The Kier molecular flexibility index (Phi) is 3.03. The molecule has 1 heterocycles. The third-order valence-corrected chi connectivity index (χ3v) is 3.09. The van der Waals surface area contributed by atoms with Gasteiger partial charge in [-0.15, -0.1) is 0 Å². The minimum absolute atomic E-state index is 0.0160. The van der Waals surface area contributed by atoms with Gasteiger partial charge < -0.3 is 4.98 Å². The van der Waals surface area contributed by atoms with Crippen LogP contribution < -0.4 is 0 Å². The molecule has 0 aliphatic carbocycles. The monoisotopic (exact) mass is 253 g/mol. The molecule has 1 N–H and O–H groups in total. The van der Waals surface area contributed by atoms with Crippen molar-refractivity contribution in [3.8, 4) is 11.1 Å². The van der Waals surface area contributed by atoms with Crippen LogP contribution in [-0.2, 0) is 0 Å². The quantitative estimate of drug-likeness (QED) is 0.800. The second-order valence-corrected chi connectivity index (χ2v) is 4.28. The Balaban J connectivity index is 2.54. The lowest BCUT2D eigenvalue weighted by atomic mass is 10.0. The number of carbonyl (C=O) groups is 1. The van der Waals surface area contributed by atoms with Crippen molar-refractivity contribution in [3.05, 3.63) is 46.2 Å². The number of carbonyl (C=O) groups excluding carboxylic acids is 1. The van der Waals surface area contributed by atoms with E-state index < -0.39 is 0 Å². The molecule has 0 saturated heterocycles. The molecule has 2 nitrogen and oxygen atoms in total. The van der Waals surface area contributed by atoms with Crippen LogP contribution in [0.5, 0.6) is 0 Å². The number of ketones is 1. The molecule has 82 valence electrons. The highest BCUT2D eigenvalue weighted by atomic mass is 35.5. The summed E-state index contributed by atoms with van der Waals surface area (Å²) in [5.41, 5.74) is 2.37. The summed E-state index contributed by atoms with van der Waals surface area (Å²) in [7, 11) is 0. The standard InChI is InChI=1S/C12H9Cl2NO/c1-7(16)9-5-15-6-10(9)8-2-3-11(13)12(14)4-8/h2-6,15H,1H3. The van der Waals surface area contributed by atoms with E-state index in [-0.39, 0.29) is 5.78 Å². The lowest BCUT2D eigenvalue weighted by molar-refractivity contribution is 0.101. The summed E-state index contributed by atoms with van der Waals surface area (Å²) in [4.78, 5) is 14.3. The van der Waals surface area contributed by atoms with E-state index in [1.54, 1.807) is 24.5 Å². The lowest BCUT2D eigenvalue weighted by Crippen LogP contribution is -1.91. The molecule has 0 aliphatic rings. The van der Waals surface area contributed by atoms with Crippen LogP contribution in [0.4, 0.5) is 0 Å². The van der Waals surface area contributed by atoms with Crippen LogP contribution in [0.3, 0.4) is 0 Å². The van der Waals surface area contributed by atoms with E-state index in [2.05, 4.69) is 4.98 Å². The minimum Gasteiger partial charge on any atom is -0.366 e. The Hall–Kier alpha value is -1.25. The van der Waals surface area contributed by atoms with Crippen LogP contribution in [-0.4, -0.2) is 10.8 Å². The van der Waals surface area contributed by atoms with Crippen LogP contribution in [0, 0.1) is 0 Å². The summed E-state index contributed by atoms with van der Waals surface area (Å²) in [6.45, 7) is 1.53. The number of Topliss-reactive ketones (excluding diaryl/α,β-unsaturated/α-hetero) is 1. The molecule has 0 fully saturated rings. The Labute approximate surface area is 103 Å².